The lowest BCUT2D eigenvalue weighted by molar-refractivity contribution is -0.159. The van der Waals surface area contributed by atoms with Crippen LogP contribution in [-0.4, -0.2) is 35.0 Å². The number of aliphatic carboxylic acids is 1. The number of carboxylic acid groups (broad SMARTS) is 1. The van der Waals surface area contributed by atoms with Crippen LogP contribution < -0.4 is 0 Å². The number of benzene rings is 1. The summed E-state index contributed by atoms with van der Waals surface area (Å²) in [4.78, 5) is 25.6. The SMILES string of the molecule is O=C(CC1(C(=O)O)CCC1)N1CCC(Cc2ccc(F)cc2)C1. The molecular weight excluding hydrogens is 297 g/mol. The van der Waals surface area contributed by atoms with E-state index in [1.165, 1.54) is 12.1 Å². The molecule has 1 unspecified atom stereocenters. The first-order valence-corrected chi connectivity index (χ1v) is 8.24. The highest BCUT2D eigenvalue weighted by molar-refractivity contribution is 5.85. The van der Waals surface area contributed by atoms with Crippen LogP contribution in [0.5, 0.6) is 0 Å². The largest absolute Gasteiger partial charge is 0.481 e. The van der Waals surface area contributed by atoms with Gasteiger partial charge >= 0.3 is 5.97 Å². The molecule has 0 bridgehead atoms. The zero-order valence-corrected chi connectivity index (χ0v) is 13.1. The summed E-state index contributed by atoms with van der Waals surface area (Å²) in [7, 11) is 0. The van der Waals surface area contributed by atoms with Gasteiger partial charge in [0.15, 0.2) is 0 Å². The lowest BCUT2D eigenvalue weighted by Gasteiger charge is -2.38. The molecular formula is C18H22FNO3. The van der Waals surface area contributed by atoms with Crippen molar-refractivity contribution in [3.63, 3.8) is 0 Å². The fourth-order valence-corrected chi connectivity index (χ4v) is 3.65. The number of halogens is 1. The highest BCUT2D eigenvalue weighted by Gasteiger charge is 2.47. The fraction of sp³-hybridized carbons (Fsp3) is 0.556. The summed E-state index contributed by atoms with van der Waals surface area (Å²) >= 11 is 0. The molecule has 1 atom stereocenters. The summed E-state index contributed by atoms with van der Waals surface area (Å²) in [5.41, 5.74) is 0.262. The van der Waals surface area contributed by atoms with Crippen LogP contribution in [0.2, 0.25) is 0 Å². The van der Waals surface area contributed by atoms with Crippen LogP contribution in [0.25, 0.3) is 0 Å². The summed E-state index contributed by atoms with van der Waals surface area (Å²) in [6.45, 7) is 1.37. The standard InChI is InChI=1S/C18H22FNO3/c19-15-4-2-13(3-5-15)10-14-6-9-20(12-14)16(21)11-18(17(22)23)7-1-8-18/h2-5,14H,1,6-12H2,(H,22,23). The lowest BCUT2D eigenvalue weighted by Crippen LogP contribution is -2.43. The van der Waals surface area contributed by atoms with Crippen molar-refractivity contribution in [3.05, 3.63) is 35.6 Å². The Balaban J connectivity index is 1.54. The third kappa shape index (κ3) is 3.38. The van der Waals surface area contributed by atoms with Gasteiger partial charge in [0, 0.05) is 19.5 Å². The second-order valence-electron chi connectivity index (χ2n) is 6.94. The summed E-state index contributed by atoms with van der Waals surface area (Å²) in [5, 5.41) is 9.34. The predicted molar refractivity (Wildman–Crippen MR) is 83.3 cm³/mol. The molecule has 1 aromatic rings. The maximum absolute atomic E-state index is 12.9. The number of carboxylic acids is 1. The molecule has 0 radical (unpaired) electrons. The van der Waals surface area contributed by atoms with Crippen molar-refractivity contribution in [2.45, 2.75) is 38.5 Å². The number of hydrogen-bond acceptors (Lipinski definition) is 2. The minimum Gasteiger partial charge on any atom is -0.481 e. The Labute approximate surface area is 135 Å². The van der Waals surface area contributed by atoms with Gasteiger partial charge in [0.2, 0.25) is 5.91 Å². The van der Waals surface area contributed by atoms with E-state index in [0.717, 1.165) is 24.8 Å². The van der Waals surface area contributed by atoms with E-state index in [9.17, 15) is 19.1 Å². The van der Waals surface area contributed by atoms with E-state index in [4.69, 9.17) is 0 Å². The third-order valence-electron chi connectivity index (χ3n) is 5.33. The van der Waals surface area contributed by atoms with Crippen molar-refractivity contribution in [3.8, 4) is 0 Å². The molecule has 1 heterocycles. The van der Waals surface area contributed by atoms with Gasteiger partial charge in [0.25, 0.3) is 0 Å². The lowest BCUT2D eigenvalue weighted by atomic mass is 9.66. The summed E-state index contributed by atoms with van der Waals surface area (Å²) < 4.78 is 12.9. The highest BCUT2D eigenvalue weighted by atomic mass is 19.1. The minimum atomic E-state index is -0.834. The molecule has 1 saturated heterocycles. The van der Waals surface area contributed by atoms with Crippen molar-refractivity contribution < 1.29 is 19.1 Å². The Morgan fingerprint density at radius 2 is 1.96 bits per heavy atom. The number of likely N-dealkylation sites (tertiary alicyclic amines) is 1. The number of amides is 1. The van der Waals surface area contributed by atoms with Crippen LogP contribution in [0.3, 0.4) is 0 Å². The van der Waals surface area contributed by atoms with Crippen molar-refractivity contribution in [2.24, 2.45) is 11.3 Å². The number of carbonyl (C=O) groups excluding carboxylic acids is 1. The first-order valence-electron chi connectivity index (χ1n) is 8.24. The van der Waals surface area contributed by atoms with E-state index >= 15 is 0 Å². The van der Waals surface area contributed by atoms with E-state index in [0.29, 0.717) is 31.8 Å². The van der Waals surface area contributed by atoms with Gasteiger partial charge < -0.3 is 10.0 Å². The van der Waals surface area contributed by atoms with E-state index < -0.39 is 11.4 Å². The maximum Gasteiger partial charge on any atom is 0.310 e. The van der Waals surface area contributed by atoms with Gasteiger partial charge in [-0.1, -0.05) is 18.6 Å². The summed E-state index contributed by atoms with van der Waals surface area (Å²) in [6, 6.07) is 6.49. The van der Waals surface area contributed by atoms with Gasteiger partial charge in [-0.05, 0) is 49.3 Å². The molecule has 1 aliphatic carbocycles. The summed E-state index contributed by atoms with van der Waals surface area (Å²) in [6.07, 6.45) is 4.00. The minimum absolute atomic E-state index is 0.0336. The first kappa shape index (κ1) is 16.0. The molecule has 1 aromatic carbocycles. The Bertz CT molecular complexity index is 595. The van der Waals surface area contributed by atoms with Gasteiger partial charge in [-0.3, -0.25) is 9.59 Å². The zero-order chi connectivity index (χ0) is 16.4. The van der Waals surface area contributed by atoms with Gasteiger partial charge in [0.05, 0.1) is 5.41 Å². The average molecular weight is 319 g/mol. The zero-order valence-electron chi connectivity index (χ0n) is 13.1. The monoisotopic (exact) mass is 319 g/mol. The molecule has 2 fully saturated rings. The molecule has 124 valence electrons. The summed E-state index contributed by atoms with van der Waals surface area (Å²) in [5.74, 6) is -0.740. The van der Waals surface area contributed by atoms with Gasteiger partial charge in [-0.2, -0.15) is 0 Å². The highest BCUT2D eigenvalue weighted by Crippen LogP contribution is 2.44. The molecule has 0 aromatic heterocycles. The van der Waals surface area contributed by atoms with E-state index in [-0.39, 0.29) is 18.1 Å². The molecule has 1 aliphatic heterocycles. The molecule has 1 amide bonds. The van der Waals surface area contributed by atoms with Crippen molar-refractivity contribution in [1.29, 1.82) is 0 Å². The van der Waals surface area contributed by atoms with E-state index in [2.05, 4.69) is 0 Å². The van der Waals surface area contributed by atoms with Crippen molar-refractivity contribution >= 4 is 11.9 Å². The maximum atomic E-state index is 12.9. The number of rotatable bonds is 5. The Morgan fingerprint density at radius 1 is 1.26 bits per heavy atom. The molecule has 1 saturated carbocycles. The molecule has 3 rings (SSSR count). The van der Waals surface area contributed by atoms with Gasteiger partial charge in [-0.25, -0.2) is 4.39 Å². The average Bonchev–Trinajstić information content (AvgIpc) is 2.93. The van der Waals surface area contributed by atoms with E-state index in [1.54, 1.807) is 17.0 Å². The fourth-order valence-electron chi connectivity index (χ4n) is 3.65. The second kappa shape index (κ2) is 6.30. The molecule has 1 N–H and O–H groups in total. The Morgan fingerprint density at radius 3 is 2.52 bits per heavy atom. The van der Waals surface area contributed by atoms with E-state index in [1.807, 2.05) is 0 Å². The normalized spacial score (nSPS) is 22.7. The predicted octanol–water partition coefficient (Wildman–Crippen LogP) is 2.86. The molecule has 0 spiro atoms. The number of nitrogens with zero attached hydrogens (tertiary/aromatic N) is 1. The second-order valence-corrected chi connectivity index (χ2v) is 6.94. The molecule has 5 heteroatoms. The van der Waals surface area contributed by atoms with Crippen LogP contribution in [0.1, 0.15) is 37.7 Å². The van der Waals surface area contributed by atoms with Crippen LogP contribution in [0.15, 0.2) is 24.3 Å². The van der Waals surface area contributed by atoms with Gasteiger partial charge in [-0.15, -0.1) is 0 Å². The van der Waals surface area contributed by atoms with Crippen molar-refractivity contribution in [1.82, 2.24) is 4.90 Å². The Hall–Kier alpha value is -1.91. The topological polar surface area (TPSA) is 57.6 Å². The van der Waals surface area contributed by atoms with Crippen LogP contribution in [-0.2, 0) is 16.0 Å². The number of hydrogen-bond donors (Lipinski definition) is 1. The van der Waals surface area contributed by atoms with Crippen LogP contribution in [0.4, 0.5) is 4.39 Å². The number of carbonyl (C=O) groups is 2. The van der Waals surface area contributed by atoms with Crippen LogP contribution in [0, 0.1) is 17.2 Å². The molecule has 2 aliphatic rings. The molecule has 23 heavy (non-hydrogen) atoms. The van der Waals surface area contributed by atoms with Crippen LogP contribution >= 0.6 is 0 Å². The third-order valence-corrected chi connectivity index (χ3v) is 5.33. The van der Waals surface area contributed by atoms with Crippen molar-refractivity contribution in [2.75, 3.05) is 13.1 Å². The van der Waals surface area contributed by atoms with Gasteiger partial charge in [0.1, 0.15) is 5.82 Å². The quantitative estimate of drug-likeness (QED) is 0.908. The first-order chi connectivity index (χ1) is 11.0. The Kier molecular flexibility index (Phi) is 4.37. The smallest absolute Gasteiger partial charge is 0.310 e. The molecule has 4 nitrogen and oxygen atoms in total.